The number of hydrogen-bond donors (Lipinski definition) is 1. The summed E-state index contributed by atoms with van der Waals surface area (Å²) in [5.74, 6) is -0.397. The van der Waals surface area contributed by atoms with E-state index < -0.39 is 5.97 Å². The minimum atomic E-state index is -0.397. The SMILES string of the molecule is CCCCCCCNC(=O)N(C)c1cccc(-c2ccc(CCC(=O)OOCC)cn2)c1. The van der Waals surface area contributed by atoms with Gasteiger partial charge in [-0.3, -0.25) is 14.8 Å². The van der Waals surface area contributed by atoms with Crippen molar-refractivity contribution in [3.05, 3.63) is 48.2 Å². The van der Waals surface area contributed by atoms with Crippen molar-refractivity contribution in [3.8, 4) is 11.3 Å². The number of benzene rings is 1. The number of rotatable bonds is 13. The molecule has 7 heteroatoms. The van der Waals surface area contributed by atoms with Crippen LogP contribution in [0.15, 0.2) is 42.6 Å². The summed E-state index contributed by atoms with van der Waals surface area (Å²) in [5.41, 5.74) is 3.46. The van der Waals surface area contributed by atoms with Gasteiger partial charge in [0.05, 0.1) is 18.7 Å². The van der Waals surface area contributed by atoms with Gasteiger partial charge in [0, 0.05) is 31.0 Å². The summed E-state index contributed by atoms with van der Waals surface area (Å²) in [6, 6.07) is 11.5. The molecule has 2 rings (SSSR count). The number of amides is 2. The van der Waals surface area contributed by atoms with E-state index in [0.29, 0.717) is 19.6 Å². The first-order valence-electron chi connectivity index (χ1n) is 11.4. The number of aromatic nitrogens is 1. The smallest absolute Gasteiger partial charge is 0.338 e. The first kappa shape index (κ1) is 25.3. The molecule has 0 saturated heterocycles. The number of aryl methyl sites for hydroxylation is 1. The Balaban J connectivity index is 1.89. The van der Waals surface area contributed by atoms with Crippen molar-refractivity contribution in [2.75, 3.05) is 25.1 Å². The van der Waals surface area contributed by atoms with E-state index in [-0.39, 0.29) is 12.5 Å². The van der Waals surface area contributed by atoms with Crippen LogP contribution in [0.2, 0.25) is 0 Å². The van der Waals surface area contributed by atoms with Gasteiger partial charge in [-0.2, -0.15) is 4.89 Å². The Bertz CT molecular complexity index is 839. The highest BCUT2D eigenvalue weighted by Crippen LogP contribution is 2.23. The lowest BCUT2D eigenvalue weighted by Gasteiger charge is -2.19. The third kappa shape index (κ3) is 8.67. The number of carbonyl (C=O) groups is 2. The second kappa shape index (κ2) is 14.2. The second-order valence-corrected chi connectivity index (χ2v) is 7.67. The zero-order valence-electron chi connectivity index (χ0n) is 19.4. The van der Waals surface area contributed by atoms with Crippen molar-refractivity contribution in [2.24, 2.45) is 0 Å². The summed E-state index contributed by atoms with van der Waals surface area (Å²) in [6.07, 6.45) is 8.33. The Morgan fingerprint density at radius 3 is 2.59 bits per heavy atom. The number of carbonyl (C=O) groups excluding carboxylic acids is 2. The first-order valence-corrected chi connectivity index (χ1v) is 11.4. The van der Waals surface area contributed by atoms with Crippen molar-refractivity contribution < 1.29 is 19.4 Å². The molecule has 2 aromatic rings. The summed E-state index contributed by atoms with van der Waals surface area (Å²) in [6.45, 7) is 4.97. The van der Waals surface area contributed by atoms with Crippen molar-refractivity contribution >= 4 is 17.7 Å². The maximum Gasteiger partial charge on any atom is 0.342 e. The fraction of sp³-hybridized carbons (Fsp3) is 0.480. The fourth-order valence-electron chi connectivity index (χ4n) is 3.19. The number of nitrogens with one attached hydrogen (secondary N) is 1. The lowest BCUT2D eigenvalue weighted by atomic mass is 10.1. The van der Waals surface area contributed by atoms with Gasteiger partial charge >= 0.3 is 12.0 Å². The number of pyridine rings is 1. The molecule has 0 bridgehead atoms. The van der Waals surface area contributed by atoms with Crippen LogP contribution in [-0.2, 0) is 21.0 Å². The van der Waals surface area contributed by atoms with Crippen molar-refractivity contribution in [1.82, 2.24) is 10.3 Å². The number of hydrogen-bond acceptors (Lipinski definition) is 5. The number of unbranched alkanes of at least 4 members (excludes halogenated alkanes) is 4. The van der Waals surface area contributed by atoms with Gasteiger partial charge in [0.1, 0.15) is 0 Å². The van der Waals surface area contributed by atoms with E-state index in [1.807, 2.05) is 36.4 Å². The van der Waals surface area contributed by atoms with E-state index >= 15 is 0 Å². The number of nitrogens with zero attached hydrogens (tertiary/aromatic N) is 2. The first-order chi connectivity index (χ1) is 15.5. The average molecular weight is 442 g/mol. The maximum absolute atomic E-state index is 12.5. The lowest BCUT2D eigenvalue weighted by Crippen LogP contribution is -2.37. The van der Waals surface area contributed by atoms with Gasteiger partial charge in [-0.05, 0) is 43.5 Å². The van der Waals surface area contributed by atoms with Crippen molar-refractivity contribution in [2.45, 2.75) is 58.8 Å². The summed E-state index contributed by atoms with van der Waals surface area (Å²) in [5, 5.41) is 2.99. The normalized spacial score (nSPS) is 10.6. The largest absolute Gasteiger partial charge is 0.342 e. The third-order valence-electron chi connectivity index (χ3n) is 5.10. The standard InChI is InChI=1S/C25H35N3O4/c1-4-6-7-8-9-17-26-25(30)28(3)22-12-10-11-21(18-22)23-15-13-20(19-27-23)14-16-24(29)32-31-5-2/h10-13,15,18-19H,4-9,14,16-17H2,1-3H3,(H,26,30). The molecule has 0 atom stereocenters. The van der Waals surface area contributed by atoms with Crippen LogP contribution in [-0.4, -0.2) is 37.2 Å². The molecule has 2 amide bonds. The highest BCUT2D eigenvalue weighted by molar-refractivity contribution is 5.92. The molecule has 0 aliphatic rings. The van der Waals surface area contributed by atoms with E-state index in [2.05, 4.69) is 27.0 Å². The summed E-state index contributed by atoms with van der Waals surface area (Å²) < 4.78 is 0. The van der Waals surface area contributed by atoms with Crippen LogP contribution in [0.1, 0.15) is 57.9 Å². The highest BCUT2D eigenvalue weighted by atomic mass is 17.2. The quantitative estimate of drug-likeness (QED) is 0.259. The topological polar surface area (TPSA) is 80.8 Å². The van der Waals surface area contributed by atoms with Crippen LogP contribution in [0, 0.1) is 0 Å². The molecule has 0 spiro atoms. The zero-order chi connectivity index (χ0) is 23.2. The summed E-state index contributed by atoms with van der Waals surface area (Å²) in [4.78, 5) is 39.4. The minimum absolute atomic E-state index is 0.111. The Hall–Kier alpha value is -2.93. The van der Waals surface area contributed by atoms with Crippen LogP contribution >= 0.6 is 0 Å². The van der Waals surface area contributed by atoms with E-state index in [0.717, 1.165) is 35.3 Å². The molecule has 0 aliphatic heterocycles. The molecule has 0 radical (unpaired) electrons. The fourth-order valence-corrected chi connectivity index (χ4v) is 3.19. The molecule has 0 aliphatic carbocycles. The number of anilines is 1. The molecule has 32 heavy (non-hydrogen) atoms. The third-order valence-corrected chi connectivity index (χ3v) is 5.10. The maximum atomic E-state index is 12.5. The molecule has 174 valence electrons. The molecule has 1 aromatic heterocycles. The predicted octanol–water partition coefficient (Wildman–Crippen LogP) is 5.29. The zero-order valence-corrected chi connectivity index (χ0v) is 19.4. The van der Waals surface area contributed by atoms with Gasteiger partial charge in [-0.15, -0.1) is 0 Å². The summed E-state index contributed by atoms with van der Waals surface area (Å²) in [7, 11) is 1.77. The average Bonchev–Trinajstić information content (AvgIpc) is 2.83. The second-order valence-electron chi connectivity index (χ2n) is 7.67. The molecule has 1 heterocycles. The molecule has 7 nitrogen and oxygen atoms in total. The molecule has 0 fully saturated rings. The lowest BCUT2D eigenvalue weighted by molar-refractivity contribution is -0.269. The minimum Gasteiger partial charge on any atom is -0.338 e. The van der Waals surface area contributed by atoms with Gasteiger partial charge in [-0.1, -0.05) is 50.8 Å². The Labute approximate surface area is 191 Å². The Morgan fingerprint density at radius 2 is 1.88 bits per heavy atom. The Kier molecular flexibility index (Phi) is 11.2. The van der Waals surface area contributed by atoms with E-state index in [1.54, 1.807) is 25.1 Å². The number of urea groups is 1. The molecule has 1 N–H and O–H groups in total. The van der Waals surface area contributed by atoms with Crippen LogP contribution in [0.4, 0.5) is 10.5 Å². The monoisotopic (exact) mass is 441 g/mol. The van der Waals surface area contributed by atoms with Crippen LogP contribution in [0.3, 0.4) is 0 Å². The van der Waals surface area contributed by atoms with Crippen molar-refractivity contribution in [1.29, 1.82) is 0 Å². The van der Waals surface area contributed by atoms with E-state index in [9.17, 15) is 9.59 Å². The molecular formula is C25H35N3O4. The molecular weight excluding hydrogens is 406 g/mol. The molecule has 0 unspecified atom stereocenters. The van der Waals surface area contributed by atoms with Gasteiger partial charge in [-0.25, -0.2) is 9.59 Å². The van der Waals surface area contributed by atoms with Crippen molar-refractivity contribution in [3.63, 3.8) is 0 Å². The highest BCUT2D eigenvalue weighted by Gasteiger charge is 2.12. The van der Waals surface area contributed by atoms with Gasteiger partial charge in [0.2, 0.25) is 0 Å². The predicted molar refractivity (Wildman–Crippen MR) is 126 cm³/mol. The summed E-state index contributed by atoms with van der Waals surface area (Å²) >= 11 is 0. The van der Waals surface area contributed by atoms with Gasteiger partial charge < -0.3 is 5.32 Å². The molecule has 1 aromatic carbocycles. The van der Waals surface area contributed by atoms with Gasteiger partial charge in [0.25, 0.3) is 0 Å². The Morgan fingerprint density at radius 1 is 1.06 bits per heavy atom. The van der Waals surface area contributed by atoms with E-state index in [4.69, 9.17) is 0 Å². The van der Waals surface area contributed by atoms with E-state index in [1.165, 1.54) is 19.3 Å². The van der Waals surface area contributed by atoms with Crippen LogP contribution < -0.4 is 10.2 Å². The van der Waals surface area contributed by atoms with Crippen LogP contribution in [0.25, 0.3) is 11.3 Å². The molecule has 0 saturated carbocycles. The van der Waals surface area contributed by atoms with Crippen LogP contribution in [0.5, 0.6) is 0 Å². The van der Waals surface area contributed by atoms with Gasteiger partial charge in [0.15, 0.2) is 0 Å².